The largest absolute Gasteiger partial charge is 0.394 e. The van der Waals surface area contributed by atoms with Gasteiger partial charge in [-0.15, -0.1) is 0 Å². The topological polar surface area (TPSA) is 53.3 Å². The summed E-state index contributed by atoms with van der Waals surface area (Å²) in [5, 5.41) is 13.3. The molecule has 2 heterocycles. The lowest BCUT2D eigenvalue weighted by Crippen LogP contribution is -2.56. The van der Waals surface area contributed by atoms with E-state index in [9.17, 15) is 5.11 Å². The van der Waals surface area contributed by atoms with E-state index >= 15 is 0 Å². The minimum atomic E-state index is -0.0649. The molecule has 3 rings (SSSR count). The Morgan fingerprint density at radius 1 is 1.50 bits per heavy atom. The molecule has 2 aliphatic rings. The Morgan fingerprint density at radius 2 is 2.40 bits per heavy atom. The average molecular weight is 278 g/mol. The van der Waals surface area contributed by atoms with Gasteiger partial charge in [-0.3, -0.25) is 4.90 Å². The fourth-order valence-corrected chi connectivity index (χ4v) is 3.88. The van der Waals surface area contributed by atoms with E-state index in [4.69, 9.17) is 0 Å². The maximum absolute atomic E-state index is 9.82. The van der Waals surface area contributed by atoms with Gasteiger partial charge in [-0.25, -0.2) is 4.98 Å². The molecule has 1 aliphatic carbocycles. The molecule has 1 aromatic rings. The van der Waals surface area contributed by atoms with E-state index < -0.39 is 0 Å². The van der Waals surface area contributed by atoms with Crippen molar-refractivity contribution in [3.63, 3.8) is 0 Å². The van der Waals surface area contributed by atoms with E-state index in [1.54, 1.807) is 0 Å². The zero-order valence-electron chi connectivity index (χ0n) is 12.4. The van der Waals surface area contributed by atoms with Gasteiger partial charge in [-0.05, 0) is 32.2 Å². The molecule has 2 N–H and O–H groups in total. The van der Waals surface area contributed by atoms with Crippen LogP contribution in [-0.2, 0) is 13.1 Å². The molecule has 2 unspecified atom stereocenters. The van der Waals surface area contributed by atoms with Crippen molar-refractivity contribution in [3.8, 4) is 0 Å². The molecule has 0 radical (unpaired) electrons. The van der Waals surface area contributed by atoms with E-state index in [0.29, 0.717) is 6.04 Å². The van der Waals surface area contributed by atoms with Crippen LogP contribution in [0.25, 0.3) is 0 Å². The zero-order valence-corrected chi connectivity index (χ0v) is 12.4. The molecule has 5 nitrogen and oxygen atoms in total. The zero-order chi connectivity index (χ0) is 14.0. The lowest BCUT2D eigenvalue weighted by atomic mass is 9.78. The highest BCUT2D eigenvalue weighted by Crippen LogP contribution is 2.32. The minimum Gasteiger partial charge on any atom is -0.394 e. The van der Waals surface area contributed by atoms with Crippen molar-refractivity contribution in [1.82, 2.24) is 19.8 Å². The number of nitrogens with zero attached hydrogens (tertiary/aromatic N) is 3. The van der Waals surface area contributed by atoms with Gasteiger partial charge in [0.05, 0.1) is 13.2 Å². The summed E-state index contributed by atoms with van der Waals surface area (Å²) in [7, 11) is 0. The molecule has 0 bridgehead atoms. The fourth-order valence-electron chi connectivity index (χ4n) is 3.88. The van der Waals surface area contributed by atoms with Crippen molar-refractivity contribution < 1.29 is 5.11 Å². The van der Waals surface area contributed by atoms with Crippen LogP contribution in [0.5, 0.6) is 0 Å². The van der Waals surface area contributed by atoms with Crippen LogP contribution in [0.3, 0.4) is 0 Å². The molecule has 1 aromatic heterocycles. The number of hydrogen-bond donors (Lipinski definition) is 2. The Bertz CT molecular complexity index is 443. The van der Waals surface area contributed by atoms with E-state index in [1.165, 1.54) is 18.7 Å². The quantitative estimate of drug-likeness (QED) is 0.862. The van der Waals surface area contributed by atoms with Gasteiger partial charge in [0.15, 0.2) is 0 Å². The Kier molecular flexibility index (Phi) is 4.10. The first-order chi connectivity index (χ1) is 9.76. The highest BCUT2D eigenvalue weighted by molar-refractivity contribution is 5.00. The summed E-state index contributed by atoms with van der Waals surface area (Å²) in [6.45, 7) is 6.39. The van der Waals surface area contributed by atoms with Gasteiger partial charge in [0.25, 0.3) is 0 Å². The van der Waals surface area contributed by atoms with Gasteiger partial charge in [0.2, 0.25) is 0 Å². The van der Waals surface area contributed by atoms with Gasteiger partial charge in [0, 0.05) is 37.1 Å². The molecule has 0 saturated heterocycles. The van der Waals surface area contributed by atoms with Gasteiger partial charge >= 0.3 is 0 Å². The summed E-state index contributed by atoms with van der Waals surface area (Å²) >= 11 is 0. The summed E-state index contributed by atoms with van der Waals surface area (Å²) in [5.41, 5.74) is -0.0649. The maximum atomic E-state index is 9.82. The van der Waals surface area contributed by atoms with Crippen molar-refractivity contribution in [3.05, 3.63) is 18.2 Å². The average Bonchev–Trinajstić information content (AvgIpc) is 2.95. The van der Waals surface area contributed by atoms with Crippen LogP contribution in [0.15, 0.2) is 12.4 Å². The summed E-state index contributed by atoms with van der Waals surface area (Å²) in [5.74, 6) is 1.18. The highest BCUT2D eigenvalue weighted by Gasteiger charge is 2.38. The molecule has 0 aromatic carbocycles. The third kappa shape index (κ3) is 2.62. The number of likely N-dealkylation sites (N-methyl/N-ethyl adjacent to an activating group) is 1. The van der Waals surface area contributed by atoms with Crippen molar-refractivity contribution in [2.75, 3.05) is 19.7 Å². The molecule has 0 spiro atoms. The van der Waals surface area contributed by atoms with Crippen LogP contribution in [0.2, 0.25) is 0 Å². The lowest BCUT2D eigenvalue weighted by molar-refractivity contribution is 0.0471. The Morgan fingerprint density at radius 3 is 3.20 bits per heavy atom. The second-order valence-corrected chi connectivity index (χ2v) is 6.23. The molecule has 0 amide bonds. The van der Waals surface area contributed by atoms with Crippen LogP contribution in [-0.4, -0.2) is 50.8 Å². The van der Waals surface area contributed by atoms with Crippen LogP contribution in [0, 0.1) is 0 Å². The Labute approximate surface area is 121 Å². The summed E-state index contributed by atoms with van der Waals surface area (Å²) in [6.07, 6.45) is 8.56. The summed E-state index contributed by atoms with van der Waals surface area (Å²) in [4.78, 5) is 7.01. The first-order valence-electron chi connectivity index (χ1n) is 7.86. The Hall–Kier alpha value is -0.910. The molecule has 20 heavy (non-hydrogen) atoms. The standard InChI is InChI=1S/C15H26N4O/c1-2-17-15(12-20)5-3-4-13(10-15)19-9-8-18-7-6-16-14(18)11-19/h6-7,13,17,20H,2-5,8-12H2,1H3. The molecule has 1 fully saturated rings. The summed E-state index contributed by atoms with van der Waals surface area (Å²) < 4.78 is 2.25. The van der Waals surface area contributed by atoms with Crippen molar-refractivity contribution >= 4 is 0 Å². The van der Waals surface area contributed by atoms with Gasteiger partial charge < -0.3 is 15.0 Å². The predicted octanol–water partition coefficient (Wildman–Crippen LogP) is 0.982. The number of aliphatic hydroxyl groups excluding tert-OH is 1. The van der Waals surface area contributed by atoms with Gasteiger partial charge in [-0.1, -0.05) is 6.92 Å². The van der Waals surface area contributed by atoms with E-state index in [2.05, 4.69) is 32.9 Å². The fraction of sp³-hybridized carbons (Fsp3) is 0.800. The third-order valence-electron chi connectivity index (χ3n) is 4.96. The van der Waals surface area contributed by atoms with Gasteiger partial charge in [-0.2, -0.15) is 0 Å². The van der Waals surface area contributed by atoms with Crippen molar-refractivity contribution in [1.29, 1.82) is 0 Å². The van der Waals surface area contributed by atoms with Gasteiger partial charge in [0.1, 0.15) is 5.82 Å². The first kappa shape index (κ1) is 14.0. The molecular weight excluding hydrogens is 252 g/mol. The van der Waals surface area contributed by atoms with Crippen LogP contribution in [0.1, 0.15) is 38.4 Å². The molecular formula is C15H26N4O. The molecule has 5 heteroatoms. The number of rotatable bonds is 4. The molecule has 1 aliphatic heterocycles. The smallest absolute Gasteiger partial charge is 0.122 e. The van der Waals surface area contributed by atoms with E-state index in [-0.39, 0.29) is 12.1 Å². The minimum absolute atomic E-state index is 0.0649. The van der Waals surface area contributed by atoms with Crippen LogP contribution < -0.4 is 5.32 Å². The molecule has 1 saturated carbocycles. The maximum Gasteiger partial charge on any atom is 0.122 e. The number of fused-ring (bicyclic) bond motifs is 1. The van der Waals surface area contributed by atoms with Crippen LogP contribution in [0.4, 0.5) is 0 Å². The van der Waals surface area contributed by atoms with Crippen molar-refractivity contribution in [2.24, 2.45) is 0 Å². The number of nitrogens with one attached hydrogen (secondary N) is 1. The molecule has 112 valence electrons. The predicted molar refractivity (Wildman–Crippen MR) is 78.4 cm³/mol. The normalized spacial score (nSPS) is 31.2. The van der Waals surface area contributed by atoms with E-state index in [0.717, 1.165) is 39.0 Å². The highest BCUT2D eigenvalue weighted by atomic mass is 16.3. The second-order valence-electron chi connectivity index (χ2n) is 6.23. The lowest BCUT2D eigenvalue weighted by Gasteiger charge is -2.45. The second kappa shape index (κ2) is 5.84. The summed E-state index contributed by atoms with van der Waals surface area (Å²) in [6, 6.07) is 0.570. The monoisotopic (exact) mass is 278 g/mol. The number of aromatic nitrogens is 2. The van der Waals surface area contributed by atoms with E-state index in [1.807, 2.05) is 6.20 Å². The third-order valence-corrected chi connectivity index (χ3v) is 4.96. The molecule has 2 atom stereocenters. The number of aliphatic hydroxyl groups is 1. The SMILES string of the molecule is CCNC1(CO)CCCC(N2CCn3ccnc3C2)C1. The number of imidazole rings is 1. The van der Waals surface area contributed by atoms with Crippen LogP contribution >= 0.6 is 0 Å². The van der Waals surface area contributed by atoms with Crippen molar-refractivity contribution in [2.45, 2.75) is 57.3 Å². The number of hydrogen-bond acceptors (Lipinski definition) is 4. The first-order valence-corrected chi connectivity index (χ1v) is 7.86. The Balaban J connectivity index is 1.68.